The summed E-state index contributed by atoms with van der Waals surface area (Å²) in [6.45, 7) is 2.53. The van der Waals surface area contributed by atoms with Crippen molar-refractivity contribution < 1.29 is 29.0 Å². The molecule has 6 heteroatoms. The summed E-state index contributed by atoms with van der Waals surface area (Å²) in [7, 11) is 5.64. The zero-order chi connectivity index (χ0) is 18.6. The monoisotopic (exact) mass is 345 g/mol. The van der Waals surface area contributed by atoms with Gasteiger partial charge in [0.25, 0.3) is 0 Å². The molecule has 0 fully saturated rings. The minimum Gasteiger partial charge on any atom is -0.550 e. The summed E-state index contributed by atoms with van der Waals surface area (Å²) in [5.41, 5.74) is 0. The highest BCUT2D eigenvalue weighted by molar-refractivity contribution is 5.75. The lowest BCUT2D eigenvalue weighted by Crippen LogP contribution is -2.46. The lowest BCUT2D eigenvalue weighted by atomic mass is 10.1. The van der Waals surface area contributed by atoms with E-state index < -0.39 is 24.1 Å². The van der Waals surface area contributed by atoms with Crippen molar-refractivity contribution in [3.05, 3.63) is 0 Å². The normalized spacial score (nSPS) is 14.2. The van der Waals surface area contributed by atoms with Crippen LogP contribution in [0.25, 0.3) is 0 Å². The number of quaternary nitrogens is 1. The van der Waals surface area contributed by atoms with Gasteiger partial charge in [0.15, 0.2) is 12.2 Å². The molecule has 0 rings (SSSR count). The van der Waals surface area contributed by atoms with E-state index in [1.165, 1.54) is 25.7 Å². The highest BCUT2D eigenvalue weighted by atomic mass is 16.6. The van der Waals surface area contributed by atoms with Crippen molar-refractivity contribution in [2.45, 2.75) is 76.9 Å². The third-order valence-electron chi connectivity index (χ3n) is 3.78. The lowest BCUT2D eigenvalue weighted by Gasteiger charge is -2.29. The number of unbranched alkanes of at least 4 members (excludes halogenated alkanes) is 6. The fourth-order valence-electron chi connectivity index (χ4n) is 2.60. The van der Waals surface area contributed by atoms with Crippen LogP contribution in [0.5, 0.6) is 0 Å². The fourth-order valence-corrected chi connectivity index (χ4v) is 2.60. The number of nitrogens with zero attached hydrogens (tertiary/aromatic N) is 1. The van der Waals surface area contributed by atoms with Crippen molar-refractivity contribution in [3.8, 4) is 0 Å². The molecule has 24 heavy (non-hydrogen) atoms. The molecule has 0 radical (unpaired) electrons. The van der Waals surface area contributed by atoms with E-state index in [1.54, 1.807) is 0 Å². The minimum absolute atomic E-state index is 0.351. The number of carboxylic acids is 1. The number of hydrogen-bond donors (Lipinski definition) is 1. The second kappa shape index (κ2) is 12.3. The molecule has 2 unspecified atom stereocenters. The second-order valence-electron chi connectivity index (χ2n) is 7.53. The Morgan fingerprint density at radius 2 is 1.58 bits per heavy atom. The molecule has 0 aromatic rings. The summed E-state index contributed by atoms with van der Waals surface area (Å²) < 4.78 is 5.64. The largest absolute Gasteiger partial charge is 0.550 e. The Kier molecular flexibility index (Phi) is 11.7. The van der Waals surface area contributed by atoms with Gasteiger partial charge in [0.1, 0.15) is 6.54 Å². The molecule has 0 aromatic heterocycles. The van der Waals surface area contributed by atoms with Crippen molar-refractivity contribution in [2.24, 2.45) is 0 Å². The van der Waals surface area contributed by atoms with Crippen LogP contribution in [0.1, 0.15) is 64.7 Å². The number of carbonyl (C=O) groups excluding carboxylic acids is 2. The molecule has 0 bridgehead atoms. The first-order valence-electron chi connectivity index (χ1n) is 9.04. The number of hydrogen-bond acceptors (Lipinski definition) is 5. The van der Waals surface area contributed by atoms with Crippen LogP contribution in [0.4, 0.5) is 0 Å². The Bertz CT molecular complexity index is 365. The molecular formula is C18H35NO5. The van der Waals surface area contributed by atoms with Crippen LogP contribution in [-0.2, 0) is 14.3 Å². The Balaban J connectivity index is 4.12. The topological polar surface area (TPSA) is 86.7 Å². The van der Waals surface area contributed by atoms with Crippen molar-refractivity contribution in [1.29, 1.82) is 0 Å². The van der Waals surface area contributed by atoms with Gasteiger partial charge in [0.2, 0.25) is 0 Å². The Morgan fingerprint density at radius 1 is 1.04 bits per heavy atom. The maximum Gasteiger partial charge on any atom is 0.335 e. The van der Waals surface area contributed by atoms with Gasteiger partial charge in [-0.1, -0.05) is 51.9 Å². The van der Waals surface area contributed by atoms with Crippen LogP contribution >= 0.6 is 0 Å². The lowest BCUT2D eigenvalue weighted by molar-refractivity contribution is -0.873. The van der Waals surface area contributed by atoms with Gasteiger partial charge in [-0.25, -0.2) is 4.79 Å². The van der Waals surface area contributed by atoms with Crippen LogP contribution in [-0.4, -0.2) is 61.4 Å². The van der Waals surface area contributed by atoms with E-state index in [4.69, 9.17) is 4.74 Å². The van der Waals surface area contributed by atoms with Crippen molar-refractivity contribution in [2.75, 3.05) is 27.7 Å². The highest BCUT2D eigenvalue weighted by Crippen LogP contribution is 2.12. The molecule has 0 aromatic carbocycles. The Labute approximate surface area is 146 Å². The number of esters is 1. The first-order valence-corrected chi connectivity index (χ1v) is 9.04. The number of carbonyl (C=O) groups is 2. The van der Waals surface area contributed by atoms with Gasteiger partial charge in [-0.3, -0.25) is 0 Å². The average Bonchev–Trinajstić information content (AvgIpc) is 2.43. The average molecular weight is 345 g/mol. The van der Waals surface area contributed by atoms with Gasteiger partial charge < -0.3 is 24.2 Å². The van der Waals surface area contributed by atoms with Gasteiger partial charge in [-0.2, -0.15) is 0 Å². The van der Waals surface area contributed by atoms with Gasteiger partial charge >= 0.3 is 5.97 Å². The molecule has 1 N–H and O–H groups in total. The predicted octanol–water partition coefficient (Wildman–Crippen LogP) is 1.25. The number of rotatable bonds is 14. The van der Waals surface area contributed by atoms with Crippen LogP contribution in [0.2, 0.25) is 0 Å². The van der Waals surface area contributed by atoms with Crippen LogP contribution in [0.15, 0.2) is 0 Å². The summed E-state index contributed by atoms with van der Waals surface area (Å²) >= 11 is 0. The van der Waals surface area contributed by atoms with E-state index in [1.807, 2.05) is 21.1 Å². The van der Waals surface area contributed by atoms with E-state index in [0.29, 0.717) is 17.4 Å². The zero-order valence-corrected chi connectivity index (χ0v) is 15.8. The summed E-state index contributed by atoms with van der Waals surface area (Å²) in [5.74, 6) is -2.00. The maximum absolute atomic E-state index is 11.9. The van der Waals surface area contributed by atoms with Gasteiger partial charge in [-0.15, -0.1) is 0 Å². The zero-order valence-electron chi connectivity index (χ0n) is 15.8. The molecule has 6 nitrogen and oxygen atoms in total. The number of aliphatic hydroxyl groups is 1. The maximum atomic E-state index is 11.9. The van der Waals surface area contributed by atoms with Gasteiger partial charge in [-0.05, 0) is 6.42 Å². The highest BCUT2D eigenvalue weighted by Gasteiger charge is 2.25. The molecule has 142 valence electrons. The predicted molar refractivity (Wildman–Crippen MR) is 91.0 cm³/mol. The molecule has 0 aliphatic heterocycles. The molecule has 0 saturated heterocycles. The standard InChI is InChI=1S/C18H35NO5/c1-5-6-7-8-9-10-11-12-16(20)18(23)24-15(13-17(21)22)14-19(2,3)4/h15-16,20H,5-14H2,1-4H3. The molecule has 0 saturated carbocycles. The van der Waals surface area contributed by atoms with Gasteiger partial charge in [0.05, 0.1) is 21.1 Å². The number of carboxylic acid groups (broad SMARTS) is 1. The first-order chi connectivity index (χ1) is 11.2. The molecule has 2 atom stereocenters. The summed E-state index contributed by atoms with van der Waals surface area (Å²) in [6, 6.07) is 0. The van der Waals surface area contributed by atoms with E-state index in [0.717, 1.165) is 19.3 Å². The first kappa shape index (κ1) is 22.9. The smallest absolute Gasteiger partial charge is 0.335 e. The number of likely N-dealkylation sites (N-methyl/N-ethyl adjacent to an activating group) is 1. The number of ether oxygens (including phenoxy) is 1. The van der Waals surface area contributed by atoms with E-state index in [-0.39, 0.29) is 6.42 Å². The van der Waals surface area contributed by atoms with Crippen LogP contribution in [0.3, 0.4) is 0 Å². The van der Waals surface area contributed by atoms with Crippen LogP contribution < -0.4 is 5.11 Å². The molecule has 0 spiro atoms. The third kappa shape index (κ3) is 13.3. The third-order valence-corrected chi connectivity index (χ3v) is 3.78. The molecule has 0 aliphatic rings. The summed E-state index contributed by atoms with van der Waals surface area (Å²) in [6.07, 6.45) is 5.77. The van der Waals surface area contributed by atoms with Crippen molar-refractivity contribution in [1.82, 2.24) is 0 Å². The van der Waals surface area contributed by atoms with Crippen LogP contribution in [0, 0.1) is 0 Å². The van der Waals surface area contributed by atoms with Crippen molar-refractivity contribution in [3.63, 3.8) is 0 Å². The minimum atomic E-state index is -1.26. The SMILES string of the molecule is CCCCCCCCCC(O)C(=O)OC(CC(=O)[O-])C[N+](C)(C)C. The molecule has 0 aliphatic carbocycles. The van der Waals surface area contributed by atoms with E-state index in [2.05, 4.69) is 6.92 Å². The van der Waals surface area contributed by atoms with E-state index >= 15 is 0 Å². The van der Waals surface area contributed by atoms with E-state index in [9.17, 15) is 19.8 Å². The molecule has 0 heterocycles. The second-order valence-corrected chi connectivity index (χ2v) is 7.53. The molecule has 0 amide bonds. The summed E-state index contributed by atoms with van der Waals surface area (Å²) in [5, 5.41) is 20.7. The van der Waals surface area contributed by atoms with Crippen molar-refractivity contribution >= 4 is 11.9 Å². The number of aliphatic hydroxyl groups excluding tert-OH is 1. The van der Waals surface area contributed by atoms with Gasteiger partial charge in [0, 0.05) is 12.4 Å². The summed E-state index contributed by atoms with van der Waals surface area (Å²) in [4.78, 5) is 22.7. The Hall–Kier alpha value is -1.14. The quantitative estimate of drug-likeness (QED) is 0.291. The fraction of sp³-hybridized carbons (Fsp3) is 0.889. The number of aliphatic carboxylic acids is 1. The Morgan fingerprint density at radius 3 is 2.08 bits per heavy atom. The molecular weight excluding hydrogens is 310 g/mol.